The summed E-state index contributed by atoms with van der Waals surface area (Å²) in [4.78, 5) is 29.6. The molecule has 1 aromatic rings. The van der Waals surface area contributed by atoms with Gasteiger partial charge in [0.2, 0.25) is 0 Å². The minimum atomic E-state index is -0.305. The highest BCUT2D eigenvalue weighted by Gasteiger charge is 2.42. The number of likely N-dealkylation sites (tertiary alicyclic amines) is 1. The van der Waals surface area contributed by atoms with Crippen molar-refractivity contribution >= 4 is 29.0 Å². The standard InChI is InChI=1S/C21H27ClN2O4/c1-14(2)28-11-10-24-20(26)18(16-5-7-17(22)8-6-16)19(21(24)27)23-9-3-4-15(12-23)13-25/h5-8,14-15,25H,3-4,9-13H2,1-2H3. The van der Waals surface area contributed by atoms with Crippen molar-refractivity contribution in [3.8, 4) is 0 Å². The Labute approximate surface area is 170 Å². The average Bonchev–Trinajstić information content (AvgIpc) is 2.93. The van der Waals surface area contributed by atoms with E-state index in [9.17, 15) is 14.7 Å². The van der Waals surface area contributed by atoms with E-state index in [2.05, 4.69) is 0 Å². The van der Waals surface area contributed by atoms with Crippen LogP contribution in [0.2, 0.25) is 5.02 Å². The molecular formula is C21H27ClN2O4. The SMILES string of the molecule is CC(C)OCCN1C(=O)C(c2ccc(Cl)cc2)=C(N2CCCC(CO)C2)C1=O. The molecule has 1 fully saturated rings. The Kier molecular flexibility index (Phi) is 6.75. The lowest BCUT2D eigenvalue weighted by Crippen LogP contribution is -2.41. The number of carbonyl (C=O) groups excluding carboxylic acids is 2. The number of ether oxygens (including phenoxy) is 1. The highest BCUT2D eigenvalue weighted by atomic mass is 35.5. The smallest absolute Gasteiger partial charge is 0.277 e. The van der Waals surface area contributed by atoms with Crippen molar-refractivity contribution in [3.63, 3.8) is 0 Å². The molecule has 0 aliphatic carbocycles. The second-order valence-electron chi connectivity index (χ2n) is 7.55. The predicted octanol–water partition coefficient (Wildman–Crippen LogP) is 2.55. The van der Waals surface area contributed by atoms with E-state index in [4.69, 9.17) is 16.3 Å². The summed E-state index contributed by atoms with van der Waals surface area (Å²) in [6.45, 7) is 5.69. The number of benzene rings is 1. The van der Waals surface area contributed by atoms with Crippen molar-refractivity contribution in [2.75, 3.05) is 32.8 Å². The third-order valence-corrected chi connectivity index (χ3v) is 5.39. The number of hydrogen-bond donors (Lipinski definition) is 1. The van der Waals surface area contributed by atoms with Crippen LogP contribution in [0, 0.1) is 5.92 Å². The molecule has 0 bridgehead atoms. The van der Waals surface area contributed by atoms with E-state index in [1.807, 2.05) is 18.7 Å². The van der Waals surface area contributed by atoms with Gasteiger partial charge in [-0.1, -0.05) is 23.7 Å². The summed E-state index contributed by atoms with van der Waals surface area (Å²) >= 11 is 6.00. The van der Waals surface area contributed by atoms with Crippen LogP contribution < -0.4 is 0 Å². The number of amides is 2. The molecule has 6 nitrogen and oxygen atoms in total. The van der Waals surface area contributed by atoms with E-state index in [0.29, 0.717) is 41.6 Å². The van der Waals surface area contributed by atoms with Crippen LogP contribution >= 0.6 is 11.6 Å². The van der Waals surface area contributed by atoms with Crippen LogP contribution in [0.4, 0.5) is 0 Å². The fourth-order valence-corrected chi connectivity index (χ4v) is 3.86. The van der Waals surface area contributed by atoms with Gasteiger partial charge in [0, 0.05) is 24.7 Å². The zero-order valence-electron chi connectivity index (χ0n) is 16.4. The molecule has 3 rings (SSSR count). The predicted molar refractivity (Wildman–Crippen MR) is 108 cm³/mol. The minimum Gasteiger partial charge on any atom is -0.396 e. The first kappa shape index (κ1) is 20.8. The van der Waals surface area contributed by atoms with E-state index >= 15 is 0 Å². The molecule has 1 atom stereocenters. The molecule has 1 N–H and O–H groups in total. The number of hydrogen-bond acceptors (Lipinski definition) is 5. The first-order valence-corrected chi connectivity index (χ1v) is 10.1. The van der Waals surface area contributed by atoms with Gasteiger partial charge in [0.05, 0.1) is 24.8 Å². The number of carbonyl (C=O) groups is 2. The monoisotopic (exact) mass is 406 g/mol. The second kappa shape index (κ2) is 9.07. The van der Waals surface area contributed by atoms with E-state index in [0.717, 1.165) is 12.8 Å². The van der Waals surface area contributed by atoms with Gasteiger partial charge in [-0.25, -0.2) is 0 Å². The van der Waals surface area contributed by atoms with Gasteiger partial charge in [-0.05, 0) is 50.3 Å². The lowest BCUT2D eigenvalue weighted by Gasteiger charge is -2.34. The first-order valence-electron chi connectivity index (χ1n) is 9.76. The zero-order valence-corrected chi connectivity index (χ0v) is 17.1. The molecule has 1 aromatic carbocycles. The molecule has 2 amide bonds. The number of aliphatic hydroxyl groups is 1. The maximum Gasteiger partial charge on any atom is 0.277 e. The maximum atomic E-state index is 13.2. The van der Waals surface area contributed by atoms with Gasteiger partial charge in [-0.2, -0.15) is 0 Å². The Morgan fingerprint density at radius 2 is 1.93 bits per heavy atom. The Morgan fingerprint density at radius 1 is 1.21 bits per heavy atom. The van der Waals surface area contributed by atoms with Crippen LogP contribution in [-0.2, 0) is 14.3 Å². The fourth-order valence-electron chi connectivity index (χ4n) is 3.73. The summed E-state index contributed by atoms with van der Waals surface area (Å²) in [5, 5.41) is 10.1. The van der Waals surface area contributed by atoms with Crippen molar-refractivity contribution in [2.24, 2.45) is 5.92 Å². The van der Waals surface area contributed by atoms with Gasteiger partial charge >= 0.3 is 0 Å². The maximum absolute atomic E-state index is 13.2. The van der Waals surface area contributed by atoms with Gasteiger partial charge < -0.3 is 14.7 Å². The topological polar surface area (TPSA) is 70.1 Å². The number of nitrogens with zero attached hydrogens (tertiary/aromatic N) is 2. The molecule has 1 saturated heterocycles. The van der Waals surface area contributed by atoms with Crippen molar-refractivity contribution in [3.05, 3.63) is 40.5 Å². The summed E-state index contributed by atoms with van der Waals surface area (Å²) in [7, 11) is 0. The number of halogens is 1. The average molecular weight is 407 g/mol. The van der Waals surface area contributed by atoms with Crippen molar-refractivity contribution in [2.45, 2.75) is 32.8 Å². The highest BCUT2D eigenvalue weighted by Crippen LogP contribution is 2.34. The Balaban J connectivity index is 1.94. The minimum absolute atomic E-state index is 0.0309. The Hall–Kier alpha value is -1.89. The molecule has 2 heterocycles. The quantitative estimate of drug-likeness (QED) is 0.705. The lowest BCUT2D eigenvalue weighted by atomic mass is 9.97. The van der Waals surface area contributed by atoms with E-state index in [1.165, 1.54) is 4.90 Å². The van der Waals surface area contributed by atoms with Crippen LogP contribution in [0.25, 0.3) is 5.57 Å². The fraction of sp³-hybridized carbons (Fsp3) is 0.524. The van der Waals surface area contributed by atoms with Crippen LogP contribution in [0.3, 0.4) is 0 Å². The number of rotatable bonds is 7. The van der Waals surface area contributed by atoms with Crippen LogP contribution in [0.5, 0.6) is 0 Å². The van der Waals surface area contributed by atoms with Gasteiger partial charge in [0.25, 0.3) is 11.8 Å². The van der Waals surface area contributed by atoms with Crippen molar-refractivity contribution < 1.29 is 19.4 Å². The normalized spacial score (nSPS) is 20.7. The van der Waals surface area contributed by atoms with Crippen LogP contribution in [0.15, 0.2) is 30.0 Å². The number of aliphatic hydroxyl groups excluding tert-OH is 1. The van der Waals surface area contributed by atoms with Gasteiger partial charge in [-0.3, -0.25) is 14.5 Å². The number of piperidine rings is 1. The molecule has 0 spiro atoms. The van der Waals surface area contributed by atoms with Gasteiger partial charge in [0.15, 0.2) is 0 Å². The summed E-state index contributed by atoms with van der Waals surface area (Å²) in [5.41, 5.74) is 1.51. The molecule has 152 valence electrons. The van der Waals surface area contributed by atoms with E-state index in [1.54, 1.807) is 24.3 Å². The second-order valence-corrected chi connectivity index (χ2v) is 7.99. The molecule has 0 saturated carbocycles. The third-order valence-electron chi connectivity index (χ3n) is 5.14. The number of imide groups is 1. The zero-order chi connectivity index (χ0) is 20.3. The Bertz CT molecular complexity index is 760. The van der Waals surface area contributed by atoms with Crippen molar-refractivity contribution in [1.29, 1.82) is 0 Å². The molecule has 2 aliphatic rings. The molecular weight excluding hydrogens is 380 g/mol. The summed E-state index contributed by atoms with van der Waals surface area (Å²) in [6, 6.07) is 6.97. The van der Waals surface area contributed by atoms with Crippen LogP contribution in [0.1, 0.15) is 32.3 Å². The molecule has 28 heavy (non-hydrogen) atoms. The summed E-state index contributed by atoms with van der Waals surface area (Å²) < 4.78 is 5.54. The van der Waals surface area contributed by atoms with Gasteiger partial charge in [-0.15, -0.1) is 0 Å². The van der Waals surface area contributed by atoms with E-state index < -0.39 is 0 Å². The van der Waals surface area contributed by atoms with Crippen LogP contribution in [-0.4, -0.2) is 65.7 Å². The summed E-state index contributed by atoms with van der Waals surface area (Å²) in [6.07, 6.45) is 1.83. The highest BCUT2D eigenvalue weighted by molar-refractivity contribution is 6.36. The van der Waals surface area contributed by atoms with Crippen molar-refractivity contribution in [1.82, 2.24) is 9.80 Å². The first-order chi connectivity index (χ1) is 13.4. The summed E-state index contributed by atoms with van der Waals surface area (Å²) in [5.74, 6) is -0.490. The largest absolute Gasteiger partial charge is 0.396 e. The molecule has 0 aromatic heterocycles. The van der Waals surface area contributed by atoms with Gasteiger partial charge in [0.1, 0.15) is 5.70 Å². The molecule has 1 unspecified atom stereocenters. The lowest BCUT2D eigenvalue weighted by molar-refractivity contribution is -0.138. The molecule has 2 aliphatic heterocycles. The molecule has 7 heteroatoms. The molecule has 0 radical (unpaired) electrons. The Morgan fingerprint density at radius 3 is 2.57 bits per heavy atom. The third kappa shape index (κ3) is 4.40. The van der Waals surface area contributed by atoms with E-state index in [-0.39, 0.29) is 37.0 Å².